The minimum Gasteiger partial charge on any atom is -0.456 e. The van der Waals surface area contributed by atoms with Gasteiger partial charge < -0.3 is 9.32 Å². The molecule has 51 heavy (non-hydrogen) atoms. The Kier molecular flexibility index (Phi) is 6.92. The van der Waals surface area contributed by atoms with Crippen molar-refractivity contribution in [3.05, 3.63) is 199 Å². The number of rotatable bonds is 5. The van der Waals surface area contributed by atoms with Crippen LogP contribution in [0.2, 0.25) is 0 Å². The van der Waals surface area contributed by atoms with E-state index in [0.29, 0.717) is 0 Å². The van der Waals surface area contributed by atoms with Gasteiger partial charge in [-0.15, -0.1) is 0 Å². The van der Waals surface area contributed by atoms with E-state index in [1.165, 1.54) is 49.7 Å². The second kappa shape index (κ2) is 12.0. The largest absolute Gasteiger partial charge is 0.456 e. The highest BCUT2D eigenvalue weighted by Crippen LogP contribution is 2.42. The molecular weight excluding hydrogens is 619 g/mol. The van der Waals surface area contributed by atoms with Crippen LogP contribution in [0.5, 0.6) is 0 Å². The zero-order chi connectivity index (χ0) is 33.7. The number of allylic oxidation sites excluding steroid dienone is 1. The molecule has 0 atom stereocenters. The van der Waals surface area contributed by atoms with Crippen molar-refractivity contribution in [3.63, 3.8) is 0 Å². The lowest BCUT2D eigenvalue weighted by Crippen LogP contribution is -2.09. The molecule has 1 aliphatic carbocycles. The third-order valence-electron chi connectivity index (χ3n) is 10.3. The average Bonchev–Trinajstić information content (AvgIpc) is 3.47. The van der Waals surface area contributed by atoms with Crippen LogP contribution in [0, 0.1) is 0 Å². The lowest BCUT2D eigenvalue weighted by Gasteiger charge is -2.25. The Balaban J connectivity index is 1.05. The van der Waals surface area contributed by atoms with Gasteiger partial charge >= 0.3 is 0 Å². The fraction of sp³-hybridized carbons (Fsp3) is 0.0204. The van der Waals surface area contributed by atoms with E-state index >= 15 is 0 Å². The van der Waals surface area contributed by atoms with Crippen LogP contribution in [0.25, 0.3) is 66.6 Å². The molecule has 0 aliphatic heterocycles. The van der Waals surface area contributed by atoms with Crippen LogP contribution < -0.4 is 4.90 Å². The standard InChI is InChI=1S/C49H33NO/c1-3-15-39(16-4-1)50(40-17-5-2-6-18-40)41-25-27-48-47(32-41)45-26-24-35(31-49(45)51-48)34-22-23-37-29-38(28-36-13-8-10-20-43(36)46(37)30-34)44-21-11-14-33-12-7-9-19-42(33)44/h1-28,30-32H,29H2. The summed E-state index contributed by atoms with van der Waals surface area (Å²) in [4.78, 5) is 2.29. The van der Waals surface area contributed by atoms with Gasteiger partial charge in [-0.3, -0.25) is 0 Å². The van der Waals surface area contributed by atoms with Gasteiger partial charge in [0.1, 0.15) is 11.2 Å². The monoisotopic (exact) mass is 651 g/mol. The first-order chi connectivity index (χ1) is 25.3. The van der Waals surface area contributed by atoms with Gasteiger partial charge in [0.05, 0.1) is 0 Å². The highest BCUT2D eigenvalue weighted by Gasteiger charge is 2.19. The Morgan fingerprint density at radius 2 is 1.10 bits per heavy atom. The summed E-state index contributed by atoms with van der Waals surface area (Å²) in [6.45, 7) is 0. The summed E-state index contributed by atoms with van der Waals surface area (Å²) >= 11 is 0. The van der Waals surface area contributed by atoms with E-state index in [9.17, 15) is 0 Å². The topological polar surface area (TPSA) is 16.4 Å². The molecule has 0 fully saturated rings. The number of hydrogen-bond donors (Lipinski definition) is 0. The Labute approximate surface area is 297 Å². The van der Waals surface area contributed by atoms with Gasteiger partial charge in [0.2, 0.25) is 0 Å². The van der Waals surface area contributed by atoms with Crippen LogP contribution in [0.1, 0.15) is 16.7 Å². The Morgan fingerprint density at radius 3 is 1.94 bits per heavy atom. The first-order valence-corrected chi connectivity index (χ1v) is 17.5. The van der Waals surface area contributed by atoms with Crippen LogP contribution in [-0.4, -0.2) is 0 Å². The van der Waals surface area contributed by atoms with Crippen LogP contribution in [0.15, 0.2) is 186 Å². The van der Waals surface area contributed by atoms with Crippen molar-refractivity contribution in [2.24, 2.45) is 0 Å². The maximum Gasteiger partial charge on any atom is 0.136 e. The van der Waals surface area contributed by atoms with Gasteiger partial charge in [0, 0.05) is 27.8 Å². The maximum atomic E-state index is 6.52. The number of hydrogen-bond acceptors (Lipinski definition) is 2. The summed E-state index contributed by atoms with van der Waals surface area (Å²) in [5.74, 6) is 0. The molecule has 9 aromatic rings. The molecule has 0 amide bonds. The average molecular weight is 652 g/mol. The maximum absolute atomic E-state index is 6.52. The summed E-state index contributed by atoms with van der Waals surface area (Å²) in [5.41, 5.74) is 15.2. The fourth-order valence-corrected chi connectivity index (χ4v) is 7.84. The molecule has 8 aromatic carbocycles. The van der Waals surface area contributed by atoms with Gasteiger partial charge in [-0.05, 0) is 122 Å². The summed E-state index contributed by atoms with van der Waals surface area (Å²) in [6.07, 6.45) is 3.26. The molecule has 0 radical (unpaired) electrons. The Morgan fingerprint density at radius 1 is 0.412 bits per heavy atom. The minimum atomic E-state index is 0.867. The van der Waals surface area contributed by atoms with Gasteiger partial charge in [-0.2, -0.15) is 0 Å². The van der Waals surface area contributed by atoms with Gasteiger partial charge in [0.25, 0.3) is 0 Å². The van der Waals surface area contributed by atoms with E-state index in [-0.39, 0.29) is 0 Å². The molecule has 2 heteroatoms. The predicted octanol–water partition coefficient (Wildman–Crippen LogP) is 13.6. The highest BCUT2D eigenvalue weighted by molar-refractivity contribution is 6.08. The number of furan rings is 1. The molecule has 0 bridgehead atoms. The second-order valence-electron chi connectivity index (χ2n) is 13.3. The molecule has 1 heterocycles. The van der Waals surface area contributed by atoms with Crippen molar-refractivity contribution in [2.45, 2.75) is 6.42 Å². The number of para-hydroxylation sites is 2. The van der Waals surface area contributed by atoms with E-state index in [0.717, 1.165) is 51.0 Å². The van der Waals surface area contributed by atoms with E-state index in [2.05, 4.69) is 193 Å². The number of fused-ring (bicyclic) bond motifs is 7. The zero-order valence-corrected chi connectivity index (χ0v) is 28.0. The molecule has 240 valence electrons. The van der Waals surface area contributed by atoms with Crippen molar-refractivity contribution in [3.8, 4) is 22.3 Å². The predicted molar refractivity (Wildman–Crippen MR) is 215 cm³/mol. The van der Waals surface area contributed by atoms with E-state index in [1.54, 1.807) is 0 Å². The van der Waals surface area contributed by atoms with E-state index < -0.39 is 0 Å². The number of anilines is 3. The van der Waals surface area contributed by atoms with Gasteiger partial charge in [0.15, 0.2) is 0 Å². The van der Waals surface area contributed by atoms with E-state index in [4.69, 9.17) is 4.42 Å². The van der Waals surface area contributed by atoms with Gasteiger partial charge in [-0.25, -0.2) is 0 Å². The van der Waals surface area contributed by atoms with Crippen molar-refractivity contribution in [2.75, 3.05) is 4.90 Å². The number of benzene rings is 8. The summed E-state index contributed by atoms with van der Waals surface area (Å²) in [6, 6.07) is 65.3. The van der Waals surface area contributed by atoms with Gasteiger partial charge in [-0.1, -0.05) is 127 Å². The smallest absolute Gasteiger partial charge is 0.136 e. The van der Waals surface area contributed by atoms with Crippen molar-refractivity contribution in [1.29, 1.82) is 0 Å². The molecule has 1 aromatic heterocycles. The lowest BCUT2D eigenvalue weighted by molar-refractivity contribution is 0.669. The Bertz CT molecular complexity index is 2730. The molecule has 0 saturated heterocycles. The fourth-order valence-electron chi connectivity index (χ4n) is 7.84. The van der Waals surface area contributed by atoms with Crippen LogP contribution in [0.3, 0.4) is 0 Å². The molecule has 10 rings (SSSR count). The summed E-state index contributed by atoms with van der Waals surface area (Å²) < 4.78 is 6.52. The van der Waals surface area contributed by atoms with Crippen molar-refractivity contribution >= 4 is 61.4 Å². The normalized spacial score (nSPS) is 12.4. The Hall–Kier alpha value is -6.64. The molecule has 0 spiro atoms. The zero-order valence-electron chi connectivity index (χ0n) is 28.0. The summed E-state index contributed by atoms with van der Waals surface area (Å²) in [7, 11) is 0. The lowest BCUT2D eigenvalue weighted by atomic mass is 9.90. The molecule has 1 aliphatic rings. The molecule has 2 nitrogen and oxygen atoms in total. The van der Waals surface area contributed by atoms with Crippen molar-refractivity contribution in [1.82, 2.24) is 0 Å². The minimum absolute atomic E-state index is 0.867. The number of nitrogens with zero attached hydrogens (tertiary/aromatic N) is 1. The first kappa shape index (κ1) is 29.3. The highest BCUT2D eigenvalue weighted by atomic mass is 16.3. The molecule has 0 saturated carbocycles. The first-order valence-electron chi connectivity index (χ1n) is 17.5. The molecule has 0 unspecified atom stereocenters. The molecule has 0 N–H and O–H groups in total. The third kappa shape index (κ3) is 5.12. The van der Waals surface area contributed by atoms with E-state index in [1.807, 2.05) is 0 Å². The quantitative estimate of drug-likeness (QED) is 0.184. The third-order valence-corrected chi connectivity index (χ3v) is 10.3. The van der Waals surface area contributed by atoms with Crippen molar-refractivity contribution < 1.29 is 4.42 Å². The van der Waals surface area contributed by atoms with Crippen LogP contribution >= 0.6 is 0 Å². The molecular formula is C49H33NO. The van der Waals surface area contributed by atoms with Crippen LogP contribution in [0.4, 0.5) is 17.1 Å². The summed E-state index contributed by atoms with van der Waals surface area (Å²) in [5, 5.41) is 4.78. The van der Waals surface area contributed by atoms with Crippen LogP contribution in [-0.2, 0) is 6.42 Å². The second-order valence-corrected chi connectivity index (χ2v) is 13.3. The SMILES string of the molecule is C1=C(c2cccc3ccccc23)Cc2ccc(-c3ccc4c(c3)oc3ccc(N(c5ccccc5)c5ccccc5)cc34)cc2-c2ccccc21.